The molecule has 0 unspecified atom stereocenters. The van der Waals surface area contributed by atoms with E-state index in [1.165, 1.54) is 24.3 Å². The van der Waals surface area contributed by atoms with Crippen LogP contribution in [0.5, 0.6) is 11.5 Å². The van der Waals surface area contributed by atoms with E-state index in [9.17, 15) is 19.8 Å². The third-order valence-electron chi connectivity index (χ3n) is 4.88. The molecule has 6 nitrogen and oxygen atoms in total. The molecular weight excluding hydrogens is 408 g/mol. The third-order valence-corrected chi connectivity index (χ3v) is 4.88. The molecule has 0 heterocycles. The molecule has 0 bridgehead atoms. The molecule has 2 aromatic rings. The van der Waals surface area contributed by atoms with Gasteiger partial charge in [-0.2, -0.15) is 0 Å². The highest BCUT2D eigenvalue weighted by Gasteiger charge is 2.40. The number of hydrogen-bond acceptors (Lipinski definition) is 6. The summed E-state index contributed by atoms with van der Waals surface area (Å²) in [6, 6.07) is 12.6. The zero-order chi connectivity index (χ0) is 23.2. The molecule has 0 aliphatic heterocycles. The number of ketones is 2. The minimum absolute atomic E-state index is 0.250. The smallest absolute Gasteiger partial charge is 0.202 e. The van der Waals surface area contributed by atoms with Crippen LogP contribution < -0.4 is 9.47 Å². The van der Waals surface area contributed by atoms with Crippen molar-refractivity contribution in [2.24, 2.45) is 0 Å². The largest absolute Gasteiger partial charge is 0.490 e. The van der Waals surface area contributed by atoms with Crippen LogP contribution in [0.2, 0.25) is 0 Å². The highest BCUT2D eigenvalue weighted by atomic mass is 16.5. The van der Waals surface area contributed by atoms with E-state index >= 15 is 0 Å². The van der Waals surface area contributed by atoms with Gasteiger partial charge >= 0.3 is 0 Å². The van der Waals surface area contributed by atoms with Crippen molar-refractivity contribution in [3.05, 3.63) is 109 Å². The van der Waals surface area contributed by atoms with Crippen molar-refractivity contribution < 1.29 is 29.3 Å². The molecule has 0 saturated carbocycles. The summed E-state index contributed by atoms with van der Waals surface area (Å²) in [5, 5.41) is 21.6. The van der Waals surface area contributed by atoms with E-state index in [1.54, 1.807) is 36.4 Å². The molecule has 0 fully saturated rings. The number of carbonyl (C=O) groups is 2. The van der Waals surface area contributed by atoms with Crippen LogP contribution >= 0.6 is 0 Å². The Morgan fingerprint density at radius 2 is 1.00 bits per heavy atom. The molecule has 0 spiro atoms. The van der Waals surface area contributed by atoms with Crippen LogP contribution in [0.4, 0.5) is 0 Å². The molecule has 0 amide bonds. The van der Waals surface area contributed by atoms with E-state index in [0.717, 1.165) is 24.3 Å². The Bertz CT molecular complexity index is 961. The van der Waals surface area contributed by atoms with Crippen molar-refractivity contribution in [1.82, 2.24) is 0 Å². The Balaban J connectivity index is 1.73. The summed E-state index contributed by atoms with van der Waals surface area (Å²) in [6.45, 7) is 7.80. The SMILES string of the molecule is C=CCOc1ccc(C(=O)C2(O)C=CC(O)(C(=O)c3ccc(OCC=C)cc3)C=C2)cc1. The molecule has 1 aliphatic rings. The van der Waals surface area contributed by atoms with E-state index in [2.05, 4.69) is 13.2 Å². The maximum Gasteiger partial charge on any atom is 0.202 e. The summed E-state index contributed by atoms with van der Waals surface area (Å²) >= 11 is 0. The van der Waals surface area contributed by atoms with E-state index in [0.29, 0.717) is 24.7 Å². The minimum atomic E-state index is -1.99. The lowest BCUT2D eigenvalue weighted by molar-refractivity contribution is 0.0577. The maximum absolute atomic E-state index is 12.8. The number of Topliss-reactive ketones (excluding diaryl/α,β-unsaturated/α-hetero) is 2. The number of aliphatic hydroxyl groups is 2. The van der Waals surface area contributed by atoms with Crippen LogP contribution in [-0.2, 0) is 0 Å². The Morgan fingerprint density at radius 3 is 1.28 bits per heavy atom. The second-order valence-electron chi connectivity index (χ2n) is 7.22. The van der Waals surface area contributed by atoms with Gasteiger partial charge in [0.05, 0.1) is 0 Å². The molecule has 3 rings (SSSR count). The minimum Gasteiger partial charge on any atom is -0.490 e. The first-order chi connectivity index (χ1) is 15.3. The monoisotopic (exact) mass is 432 g/mol. The van der Waals surface area contributed by atoms with Gasteiger partial charge in [0.15, 0.2) is 11.2 Å². The van der Waals surface area contributed by atoms with Crippen molar-refractivity contribution >= 4 is 11.6 Å². The molecular formula is C26H24O6. The van der Waals surface area contributed by atoms with Crippen LogP contribution in [0.25, 0.3) is 0 Å². The van der Waals surface area contributed by atoms with Crippen molar-refractivity contribution in [2.75, 3.05) is 13.2 Å². The molecule has 1 aliphatic carbocycles. The number of ether oxygens (including phenoxy) is 2. The topological polar surface area (TPSA) is 93.1 Å². The summed E-state index contributed by atoms with van der Waals surface area (Å²) < 4.78 is 10.8. The van der Waals surface area contributed by atoms with Gasteiger partial charge in [-0.05, 0) is 72.8 Å². The van der Waals surface area contributed by atoms with E-state index in [-0.39, 0.29) is 11.1 Å². The maximum atomic E-state index is 12.8. The Hall–Kier alpha value is -3.74. The second-order valence-corrected chi connectivity index (χ2v) is 7.22. The fraction of sp³-hybridized carbons (Fsp3) is 0.154. The molecule has 32 heavy (non-hydrogen) atoms. The molecule has 0 atom stereocenters. The standard InChI is InChI=1S/C26H24O6/c1-3-17-31-21-9-5-19(6-10-21)23(27)25(29)13-15-26(30,16-14-25)24(28)20-7-11-22(12-8-20)32-18-4-2/h3-16,29-30H,1-2,17-18H2. The van der Waals surface area contributed by atoms with E-state index in [1.807, 2.05) is 0 Å². The van der Waals surface area contributed by atoms with Crippen molar-refractivity contribution in [1.29, 1.82) is 0 Å². The first-order valence-corrected chi connectivity index (χ1v) is 9.94. The van der Waals surface area contributed by atoms with Crippen LogP contribution in [-0.4, -0.2) is 46.2 Å². The predicted octanol–water partition coefficient (Wildman–Crippen LogP) is 3.47. The van der Waals surface area contributed by atoms with Crippen LogP contribution in [0.3, 0.4) is 0 Å². The number of hydrogen-bond donors (Lipinski definition) is 2. The van der Waals surface area contributed by atoms with Gasteiger partial charge in [-0.3, -0.25) is 9.59 Å². The van der Waals surface area contributed by atoms with Gasteiger partial charge in [0, 0.05) is 11.1 Å². The number of rotatable bonds is 10. The van der Waals surface area contributed by atoms with Crippen LogP contribution in [0, 0.1) is 0 Å². The van der Waals surface area contributed by atoms with Crippen molar-refractivity contribution in [3.8, 4) is 11.5 Å². The number of benzene rings is 2. The lowest BCUT2D eigenvalue weighted by Crippen LogP contribution is -2.43. The third kappa shape index (κ3) is 4.94. The van der Waals surface area contributed by atoms with Gasteiger partial charge in [0.2, 0.25) is 11.6 Å². The molecule has 0 aromatic heterocycles. The fourth-order valence-electron chi connectivity index (χ4n) is 3.10. The Morgan fingerprint density at radius 1 is 0.688 bits per heavy atom. The molecule has 6 heteroatoms. The van der Waals surface area contributed by atoms with E-state index < -0.39 is 22.8 Å². The normalized spacial score (nSPS) is 21.6. The Labute approximate surface area is 186 Å². The zero-order valence-electron chi connectivity index (χ0n) is 17.4. The van der Waals surface area contributed by atoms with Crippen molar-refractivity contribution in [3.63, 3.8) is 0 Å². The predicted molar refractivity (Wildman–Crippen MR) is 121 cm³/mol. The highest BCUT2D eigenvalue weighted by Crippen LogP contribution is 2.29. The average molecular weight is 432 g/mol. The zero-order valence-corrected chi connectivity index (χ0v) is 17.4. The van der Waals surface area contributed by atoms with E-state index in [4.69, 9.17) is 9.47 Å². The first-order valence-electron chi connectivity index (χ1n) is 9.94. The molecule has 164 valence electrons. The summed E-state index contributed by atoms with van der Waals surface area (Å²) in [7, 11) is 0. The van der Waals surface area contributed by atoms with Gasteiger partial charge in [0.1, 0.15) is 24.7 Å². The van der Waals surface area contributed by atoms with Gasteiger partial charge in [-0.1, -0.05) is 25.3 Å². The van der Waals surface area contributed by atoms with Gasteiger partial charge in [-0.25, -0.2) is 0 Å². The second kappa shape index (κ2) is 9.60. The number of carbonyl (C=O) groups excluding carboxylic acids is 2. The van der Waals surface area contributed by atoms with Crippen LogP contribution in [0.15, 0.2) is 98.1 Å². The lowest BCUT2D eigenvalue weighted by Gasteiger charge is -2.28. The summed E-state index contributed by atoms with van der Waals surface area (Å²) in [5.41, 5.74) is -3.48. The summed E-state index contributed by atoms with van der Waals surface area (Å²) in [4.78, 5) is 25.6. The van der Waals surface area contributed by atoms with Crippen molar-refractivity contribution in [2.45, 2.75) is 11.2 Å². The van der Waals surface area contributed by atoms with Gasteiger partial charge < -0.3 is 19.7 Å². The van der Waals surface area contributed by atoms with Crippen LogP contribution in [0.1, 0.15) is 20.7 Å². The average Bonchev–Trinajstić information content (AvgIpc) is 2.83. The molecule has 2 aromatic carbocycles. The van der Waals surface area contributed by atoms with Gasteiger partial charge in [-0.15, -0.1) is 0 Å². The Kier molecular flexibility index (Phi) is 6.88. The van der Waals surface area contributed by atoms with Gasteiger partial charge in [0.25, 0.3) is 0 Å². The summed E-state index contributed by atoms with van der Waals surface area (Å²) in [6.07, 6.45) is 7.70. The molecule has 2 N–H and O–H groups in total. The summed E-state index contributed by atoms with van der Waals surface area (Å²) in [5.74, 6) is -0.0786. The fourth-order valence-corrected chi connectivity index (χ4v) is 3.10. The first kappa shape index (κ1) is 22.9. The quantitative estimate of drug-likeness (QED) is 0.441. The molecule has 0 radical (unpaired) electrons. The lowest BCUT2D eigenvalue weighted by atomic mass is 9.81. The molecule has 0 saturated heterocycles. The highest BCUT2D eigenvalue weighted by molar-refractivity contribution is 6.08.